The van der Waals surface area contributed by atoms with Crippen molar-refractivity contribution >= 4 is 17.9 Å². The van der Waals surface area contributed by atoms with E-state index in [1.165, 1.54) is 7.11 Å². The fourth-order valence-corrected chi connectivity index (χ4v) is 1.86. The summed E-state index contributed by atoms with van der Waals surface area (Å²) in [5.41, 5.74) is 0. The lowest BCUT2D eigenvalue weighted by Crippen LogP contribution is -2.17. The Morgan fingerprint density at radius 1 is 0.895 bits per heavy atom. The van der Waals surface area contributed by atoms with Crippen LogP contribution in [0.2, 0.25) is 0 Å². The summed E-state index contributed by atoms with van der Waals surface area (Å²) < 4.78 is 4.64. The number of esters is 1. The Morgan fingerprint density at radius 3 is 2.00 bits per heavy atom. The molecule has 0 aliphatic carbocycles. The van der Waals surface area contributed by atoms with Gasteiger partial charge < -0.3 is 14.9 Å². The topological polar surface area (TPSA) is 101 Å². The number of carbonyl (C=O) groups is 3. The van der Waals surface area contributed by atoms with Crippen LogP contribution in [0.3, 0.4) is 0 Å². The molecule has 0 aromatic rings. The number of aliphatic carboxylic acids is 2. The van der Waals surface area contributed by atoms with E-state index in [-0.39, 0.29) is 31.1 Å². The van der Waals surface area contributed by atoms with Gasteiger partial charge in [-0.15, -0.1) is 0 Å². The summed E-state index contributed by atoms with van der Waals surface area (Å²) in [4.78, 5) is 32.2. The number of hydrogen-bond acceptors (Lipinski definition) is 4. The van der Waals surface area contributed by atoms with Crippen molar-refractivity contribution in [3.05, 3.63) is 0 Å². The van der Waals surface area contributed by atoms with Crippen LogP contribution < -0.4 is 0 Å². The van der Waals surface area contributed by atoms with E-state index in [1.54, 1.807) is 0 Å². The molecule has 1 atom stereocenters. The highest BCUT2D eigenvalue weighted by atomic mass is 16.5. The van der Waals surface area contributed by atoms with Gasteiger partial charge >= 0.3 is 17.9 Å². The van der Waals surface area contributed by atoms with Gasteiger partial charge in [-0.1, -0.05) is 19.3 Å². The first-order valence-electron chi connectivity index (χ1n) is 6.48. The smallest absolute Gasteiger partial charge is 0.308 e. The molecule has 110 valence electrons. The molecule has 0 bridgehead atoms. The number of carboxylic acids is 2. The number of unbranched alkanes of at least 4 members (excludes halogenated alkanes) is 3. The summed E-state index contributed by atoms with van der Waals surface area (Å²) in [6, 6.07) is 0. The van der Waals surface area contributed by atoms with E-state index < -0.39 is 11.9 Å². The minimum Gasteiger partial charge on any atom is -0.481 e. The van der Waals surface area contributed by atoms with Gasteiger partial charge in [-0.05, 0) is 19.3 Å². The molecular weight excluding hydrogens is 252 g/mol. The molecule has 0 aromatic heterocycles. The Kier molecular flexibility index (Phi) is 9.48. The van der Waals surface area contributed by atoms with Crippen LogP contribution in [0.25, 0.3) is 0 Å². The quantitative estimate of drug-likeness (QED) is 0.442. The Hall–Kier alpha value is -1.59. The zero-order valence-electron chi connectivity index (χ0n) is 11.3. The average Bonchev–Trinajstić information content (AvgIpc) is 2.35. The van der Waals surface area contributed by atoms with Crippen LogP contribution in [-0.4, -0.2) is 35.2 Å². The Morgan fingerprint density at radius 2 is 1.47 bits per heavy atom. The predicted molar refractivity (Wildman–Crippen MR) is 67.7 cm³/mol. The van der Waals surface area contributed by atoms with Crippen LogP contribution in [-0.2, 0) is 19.1 Å². The average molecular weight is 274 g/mol. The zero-order chi connectivity index (χ0) is 14.7. The first-order chi connectivity index (χ1) is 8.97. The van der Waals surface area contributed by atoms with Crippen molar-refractivity contribution in [2.45, 2.75) is 51.4 Å². The van der Waals surface area contributed by atoms with Crippen molar-refractivity contribution in [3.63, 3.8) is 0 Å². The minimum absolute atomic E-state index is 0.0429. The van der Waals surface area contributed by atoms with Crippen molar-refractivity contribution in [3.8, 4) is 0 Å². The van der Waals surface area contributed by atoms with Gasteiger partial charge in [0.25, 0.3) is 0 Å². The molecular formula is C13H22O6. The molecule has 0 saturated heterocycles. The predicted octanol–water partition coefficient (Wildman–Crippen LogP) is 2.07. The first kappa shape index (κ1) is 17.4. The van der Waals surface area contributed by atoms with Crippen molar-refractivity contribution in [1.29, 1.82) is 0 Å². The number of hydrogen-bond donors (Lipinski definition) is 2. The number of carboxylic acid groups (broad SMARTS) is 2. The maximum absolute atomic E-state index is 11.4. The lowest BCUT2D eigenvalue weighted by atomic mass is 9.96. The summed E-state index contributed by atoms with van der Waals surface area (Å²) >= 11 is 0. The second-order valence-corrected chi connectivity index (χ2v) is 4.50. The molecule has 0 fully saturated rings. The second kappa shape index (κ2) is 10.3. The molecule has 0 radical (unpaired) electrons. The first-order valence-corrected chi connectivity index (χ1v) is 6.48. The van der Waals surface area contributed by atoms with Gasteiger partial charge in [-0.3, -0.25) is 14.4 Å². The van der Waals surface area contributed by atoms with Crippen LogP contribution in [0.5, 0.6) is 0 Å². The van der Waals surface area contributed by atoms with E-state index in [4.69, 9.17) is 10.2 Å². The molecule has 2 N–H and O–H groups in total. The minimum atomic E-state index is -0.921. The summed E-state index contributed by atoms with van der Waals surface area (Å²) in [6.07, 6.45) is 4.06. The SMILES string of the molecule is COC(=O)C(CCCCCCC(=O)O)CCC(=O)O. The molecule has 0 aromatic carbocycles. The van der Waals surface area contributed by atoms with Gasteiger partial charge in [0.1, 0.15) is 0 Å². The van der Waals surface area contributed by atoms with Crippen LogP contribution in [0, 0.1) is 5.92 Å². The van der Waals surface area contributed by atoms with Crippen LogP contribution >= 0.6 is 0 Å². The van der Waals surface area contributed by atoms with Crippen molar-refractivity contribution in [2.75, 3.05) is 7.11 Å². The molecule has 6 nitrogen and oxygen atoms in total. The maximum Gasteiger partial charge on any atom is 0.308 e. The van der Waals surface area contributed by atoms with Gasteiger partial charge in [0, 0.05) is 12.8 Å². The van der Waals surface area contributed by atoms with E-state index in [2.05, 4.69) is 4.74 Å². The Balaban J connectivity index is 3.82. The van der Waals surface area contributed by atoms with Crippen molar-refractivity contribution in [2.24, 2.45) is 5.92 Å². The number of carbonyl (C=O) groups excluding carboxylic acids is 1. The van der Waals surface area contributed by atoms with Gasteiger partial charge in [-0.25, -0.2) is 0 Å². The van der Waals surface area contributed by atoms with Crippen molar-refractivity contribution < 1.29 is 29.3 Å². The Bertz CT molecular complexity index is 300. The van der Waals surface area contributed by atoms with E-state index >= 15 is 0 Å². The number of methoxy groups -OCH3 is 1. The molecule has 1 unspecified atom stereocenters. The molecule has 0 heterocycles. The molecule has 6 heteroatoms. The zero-order valence-corrected chi connectivity index (χ0v) is 11.3. The van der Waals surface area contributed by atoms with Crippen LogP contribution in [0.15, 0.2) is 0 Å². The van der Waals surface area contributed by atoms with Gasteiger partial charge in [0.2, 0.25) is 0 Å². The van der Waals surface area contributed by atoms with E-state index in [0.29, 0.717) is 12.8 Å². The standard InChI is InChI=1S/C13H22O6/c1-19-13(18)10(8-9-12(16)17)6-4-2-3-5-7-11(14)15/h10H,2-9H2,1H3,(H,14,15)(H,16,17). The number of ether oxygens (including phenoxy) is 1. The van der Waals surface area contributed by atoms with Gasteiger partial charge in [-0.2, -0.15) is 0 Å². The largest absolute Gasteiger partial charge is 0.481 e. The van der Waals surface area contributed by atoms with Crippen LogP contribution in [0.1, 0.15) is 51.4 Å². The third kappa shape index (κ3) is 10.1. The summed E-state index contributed by atoms with van der Waals surface area (Å²) in [5.74, 6) is -2.46. The van der Waals surface area contributed by atoms with E-state index in [0.717, 1.165) is 19.3 Å². The highest BCUT2D eigenvalue weighted by Crippen LogP contribution is 2.18. The molecule has 0 aliphatic heterocycles. The summed E-state index contributed by atoms with van der Waals surface area (Å²) in [6.45, 7) is 0. The third-order valence-corrected chi connectivity index (χ3v) is 2.93. The fraction of sp³-hybridized carbons (Fsp3) is 0.769. The monoisotopic (exact) mass is 274 g/mol. The summed E-state index contributed by atoms with van der Waals surface area (Å²) in [7, 11) is 1.29. The lowest BCUT2D eigenvalue weighted by Gasteiger charge is -2.13. The van der Waals surface area contributed by atoms with Crippen molar-refractivity contribution in [1.82, 2.24) is 0 Å². The van der Waals surface area contributed by atoms with Crippen LogP contribution in [0.4, 0.5) is 0 Å². The normalized spacial score (nSPS) is 11.8. The molecule has 0 amide bonds. The van der Waals surface area contributed by atoms with Gasteiger partial charge in [0.15, 0.2) is 0 Å². The second-order valence-electron chi connectivity index (χ2n) is 4.50. The highest BCUT2D eigenvalue weighted by Gasteiger charge is 2.19. The van der Waals surface area contributed by atoms with E-state index in [1.807, 2.05) is 0 Å². The molecule has 0 saturated carbocycles. The molecule has 0 spiro atoms. The molecule has 19 heavy (non-hydrogen) atoms. The molecule has 0 aliphatic rings. The highest BCUT2D eigenvalue weighted by molar-refractivity contribution is 5.73. The number of rotatable bonds is 11. The lowest BCUT2D eigenvalue weighted by molar-refractivity contribution is -0.146. The molecule has 0 rings (SSSR count). The summed E-state index contributed by atoms with van der Waals surface area (Å²) in [5, 5.41) is 17.1. The fourth-order valence-electron chi connectivity index (χ4n) is 1.86. The third-order valence-electron chi connectivity index (χ3n) is 2.93. The van der Waals surface area contributed by atoms with Gasteiger partial charge in [0.05, 0.1) is 13.0 Å². The van der Waals surface area contributed by atoms with E-state index in [9.17, 15) is 14.4 Å². The Labute approximate surface area is 112 Å². The maximum atomic E-state index is 11.4.